The zero-order valence-electron chi connectivity index (χ0n) is 10.6. The third-order valence-electron chi connectivity index (χ3n) is 3.25. The quantitative estimate of drug-likeness (QED) is 0.470. The minimum absolute atomic E-state index is 0.0288. The molecule has 118 valence electrons. The van der Waals surface area contributed by atoms with Crippen molar-refractivity contribution in [2.75, 3.05) is 6.61 Å². The van der Waals surface area contributed by atoms with Gasteiger partial charge in [0.2, 0.25) is 0 Å². The van der Waals surface area contributed by atoms with E-state index in [1.807, 2.05) is 0 Å². The highest BCUT2D eigenvalue weighted by Crippen LogP contribution is 2.29. The summed E-state index contributed by atoms with van der Waals surface area (Å²) < 4.78 is 5.87. The van der Waals surface area contributed by atoms with Crippen LogP contribution in [-0.4, -0.2) is 47.4 Å². The first kappa shape index (κ1) is 16.8. The van der Waals surface area contributed by atoms with Crippen LogP contribution in [0.15, 0.2) is 15.8 Å². The molecule has 10 heteroatoms. The first-order chi connectivity index (χ1) is 9.85. The van der Waals surface area contributed by atoms with Gasteiger partial charge in [-0.1, -0.05) is 31.9 Å². The van der Waals surface area contributed by atoms with Crippen molar-refractivity contribution < 1.29 is 20.1 Å². The van der Waals surface area contributed by atoms with E-state index in [9.17, 15) is 19.8 Å². The molecule has 8 nitrogen and oxygen atoms in total. The number of aromatic amines is 1. The molecule has 2 heterocycles. The summed E-state index contributed by atoms with van der Waals surface area (Å²) in [7, 11) is 0. The number of nitrogens with one attached hydrogen (secondary N) is 1. The molecule has 0 aliphatic carbocycles. The maximum absolute atomic E-state index is 11.9. The Labute approximate surface area is 135 Å². The van der Waals surface area contributed by atoms with Crippen molar-refractivity contribution in [2.45, 2.75) is 34.7 Å². The molecule has 0 spiro atoms. The highest BCUT2D eigenvalue weighted by atomic mass is 79.9. The number of halogens is 2. The lowest BCUT2D eigenvalue weighted by molar-refractivity contribution is -0.0461. The van der Waals surface area contributed by atoms with Crippen LogP contribution in [0.1, 0.15) is 24.3 Å². The van der Waals surface area contributed by atoms with Crippen molar-refractivity contribution >= 4 is 31.9 Å². The third-order valence-corrected chi connectivity index (χ3v) is 4.25. The molecule has 1 aromatic heterocycles. The molecule has 0 radical (unpaired) electrons. The van der Waals surface area contributed by atoms with E-state index >= 15 is 0 Å². The second-order valence-electron chi connectivity index (χ2n) is 4.65. The topological polar surface area (TPSA) is 125 Å². The summed E-state index contributed by atoms with van der Waals surface area (Å²) >= 11 is 6.18. The van der Waals surface area contributed by atoms with E-state index in [0.29, 0.717) is 0 Å². The van der Waals surface area contributed by atoms with Crippen LogP contribution in [0.2, 0.25) is 0 Å². The number of ether oxygens (including phenoxy) is 1. The summed E-state index contributed by atoms with van der Waals surface area (Å²) in [6.07, 6.45) is -2.41. The number of aliphatic hydroxyl groups excluding tert-OH is 3. The molecule has 1 saturated heterocycles. The van der Waals surface area contributed by atoms with Crippen LogP contribution in [0, 0.1) is 0 Å². The van der Waals surface area contributed by atoms with Crippen LogP contribution in [0.3, 0.4) is 0 Å². The Morgan fingerprint density at radius 3 is 2.67 bits per heavy atom. The third kappa shape index (κ3) is 3.46. The standard InChI is InChI=1S/C11H14Br2N2O6/c12-9(13)8(18)4-2-15(11(20)14-10(4)19)7-1-5(17)6(3-16)21-7/h2,5-9,16-18H,1,3H2,(H,14,19,20)/t5-,6+,7+,8?/m0/s1. The van der Waals surface area contributed by atoms with Crippen LogP contribution in [0.25, 0.3) is 0 Å². The van der Waals surface area contributed by atoms with Crippen LogP contribution in [0.4, 0.5) is 0 Å². The lowest BCUT2D eigenvalue weighted by atomic mass is 10.2. The summed E-state index contributed by atoms with van der Waals surface area (Å²) in [5, 5.41) is 28.7. The number of aromatic nitrogens is 2. The minimum Gasteiger partial charge on any atom is -0.394 e. The summed E-state index contributed by atoms with van der Waals surface area (Å²) in [6.45, 7) is -0.379. The Hall–Kier alpha value is -0.520. The maximum atomic E-state index is 11.9. The SMILES string of the molecule is O=c1[nH]c(=O)n([C@H]2C[C@H](O)[C@@H](CO)O2)cc1C(O)C(Br)Br. The molecule has 4 N–H and O–H groups in total. The number of rotatable bonds is 4. The number of alkyl halides is 2. The fourth-order valence-electron chi connectivity index (χ4n) is 2.11. The summed E-state index contributed by atoms with van der Waals surface area (Å²) in [6, 6.07) is 0. The molecule has 1 unspecified atom stereocenters. The molecule has 1 aromatic rings. The van der Waals surface area contributed by atoms with E-state index in [4.69, 9.17) is 9.84 Å². The molecule has 4 atom stereocenters. The van der Waals surface area contributed by atoms with Crippen LogP contribution < -0.4 is 11.2 Å². The van der Waals surface area contributed by atoms with Gasteiger partial charge >= 0.3 is 5.69 Å². The predicted octanol–water partition coefficient (Wildman–Crippen LogP) is -0.673. The van der Waals surface area contributed by atoms with E-state index < -0.39 is 39.5 Å². The smallest absolute Gasteiger partial charge is 0.330 e. The van der Waals surface area contributed by atoms with Crippen LogP contribution in [0.5, 0.6) is 0 Å². The molecular weight excluding hydrogens is 416 g/mol. The van der Waals surface area contributed by atoms with Crippen molar-refractivity contribution in [3.8, 4) is 0 Å². The molecule has 21 heavy (non-hydrogen) atoms. The van der Waals surface area contributed by atoms with Crippen molar-refractivity contribution in [2.24, 2.45) is 0 Å². The summed E-state index contributed by atoms with van der Waals surface area (Å²) in [4.78, 5) is 25.7. The normalized spacial score (nSPS) is 27.2. The Bertz CT molecular complexity index is 615. The Morgan fingerprint density at radius 2 is 2.14 bits per heavy atom. The lowest BCUT2D eigenvalue weighted by Gasteiger charge is -2.17. The molecule has 1 aliphatic rings. The van der Waals surface area contributed by atoms with Gasteiger partial charge in [-0.25, -0.2) is 4.79 Å². The predicted molar refractivity (Wildman–Crippen MR) is 79.5 cm³/mol. The largest absolute Gasteiger partial charge is 0.394 e. The fraction of sp³-hybridized carbons (Fsp3) is 0.636. The highest BCUT2D eigenvalue weighted by Gasteiger charge is 2.35. The summed E-state index contributed by atoms with van der Waals surface area (Å²) in [5.41, 5.74) is -1.45. The van der Waals surface area contributed by atoms with Gasteiger partial charge in [0.1, 0.15) is 22.2 Å². The van der Waals surface area contributed by atoms with E-state index in [0.717, 1.165) is 4.57 Å². The molecule has 1 fully saturated rings. The first-order valence-corrected chi connectivity index (χ1v) is 7.94. The van der Waals surface area contributed by atoms with Gasteiger partial charge in [0, 0.05) is 12.6 Å². The Morgan fingerprint density at radius 1 is 1.48 bits per heavy atom. The van der Waals surface area contributed by atoms with E-state index in [2.05, 4.69) is 36.8 Å². The van der Waals surface area contributed by atoms with Gasteiger partial charge in [0.15, 0.2) is 0 Å². The number of nitrogens with zero attached hydrogens (tertiary/aromatic N) is 1. The summed E-state index contributed by atoms with van der Waals surface area (Å²) in [5.74, 6) is 0. The number of hydrogen-bond acceptors (Lipinski definition) is 6. The van der Waals surface area contributed by atoms with E-state index in [-0.39, 0.29) is 18.6 Å². The number of H-pyrrole nitrogens is 1. The van der Waals surface area contributed by atoms with Gasteiger partial charge < -0.3 is 20.1 Å². The second-order valence-corrected chi connectivity index (χ2v) is 7.85. The lowest BCUT2D eigenvalue weighted by Crippen LogP contribution is -2.35. The first-order valence-electron chi connectivity index (χ1n) is 6.11. The Kier molecular flexibility index (Phi) is 5.38. The minimum atomic E-state index is -1.18. The van der Waals surface area contributed by atoms with Crippen molar-refractivity contribution in [1.29, 1.82) is 0 Å². The average Bonchev–Trinajstić information content (AvgIpc) is 2.79. The van der Waals surface area contributed by atoms with Gasteiger partial charge in [-0.2, -0.15) is 0 Å². The van der Waals surface area contributed by atoms with E-state index in [1.165, 1.54) is 6.20 Å². The van der Waals surface area contributed by atoms with Crippen LogP contribution >= 0.6 is 31.9 Å². The second kappa shape index (κ2) is 6.71. The van der Waals surface area contributed by atoms with Gasteiger partial charge in [0.25, 0.3) is 5.56 Å². The molecule has 0 saturated carbocycles. The monoisotopic (exact) mass is 428 g/mol. The van der Waals surface area contributed by atoms with Gasteiger partial charge in [-0.05, 0) is 0 Å². The van der Waals surface area contributed by atoms with Gasteiger partial charge in [0.05, 0.1) is 18.3 Å². The molecule has 2 rings (SSSR count). The molecule has 0 aromatic carbocycles. The van der Waals surface area contributed by atoms with E-state index in [1.54, 1.807) is 0 Å². The van der Waals surface area contributed by atoms with Crippen molar-refractivity contribution in [1.82, 2.24) is 9.55 Å². The molecule has 0 amide bonds. The van der Waals surface area contributed by atoms with Crippen molar-refractivity contribution in [3.05, 3.63) is 32.6 Å². The zero-order chi connectivity index (χ0) is 15.7. The maximum Gasteiger partial charge on any atom is 0.330 e. The van der Waals surface area contributed by atoms with Gasteiger partial charge in [-0.15, -0.1) is 0 Å². The molecule has 0 bridgehead atoms. The number of hydrogen-bond donors (Lipinski definition) is 4. The molecule has 1 aliphatic heterocycles. The Balaban J connectivity index is 2.39. The van der Waals surface area contributed by atoms with Crippen molar-refractivity contribution in [3.63, 3.8) is 0 Å². The zero-order valence-corrected chi connectivity index (χ0v) is 13.8. The van der Waals surface area contributed by atoms with Gasteiger partial charge in [-0.3, -0.25) is 14.3 Å². The highest BCUT2D eigenvalue weighted by molar-refractivity contribution is 9.24. The van der Waals surface area contributed by atoms with Crippen LogP contribution in [-0.2, 0) is 4.74 Å². The molecular formula is C11H14Br2N2O6. The number of aliphatic hydroxyl groups is 3. The average molecular weight is 430 g/mol. The fourth-order valence-corrected chi connectivity index (χ4v) is 2.68.